The van der Waals surface area contributed by atoms with Gasteiger partial charge in [-0.15, -0.1) is 0 Å². The lowest BCUT2D eigenvalue weighted by Gasteiger charge is -2.31. The van der Waals surface area contributed by atoms with Crippen LogP contribution in [-0.4, -0.2) is 35.0 Å². The smallest absolute Gasteiger partial charge is 0.410 e. The summed E-state index contributed by atoms with van der Waals surface area (Å²) in [6, 6.07) is 0.199. The number of nitrogens with zero attached hydrogens (tertiary/aromatic N) is 1. The minimum atomic E-state index is -0.481. The fraction of sp³-hybridized carbons (Fsp3) is 0.833. The van der Waals surface area contributed by atoms with Crippen molar-refractivity contribution in [2.24, 2.45) is 0 Å². The lowest BCUT2D eigenvalue weighted by molar-refractivity contribution is -0.108. The Morgan fingerprint density at radius 2 is 2.06 bits per heavy atom. The number of hydrogen-bond donors (Lipinski definition) is 0. The first-order valence-electron chi connectivity index (χ1n) is 5.80. The summed E-state index contributed by atoms with van der Waals surface area (Å²) in [7, 11) is 0. The van der Waals surface area contributed by atoms with E-state index in [1.54, 1.807) is 4.90 Å². The zero-order chi connectivity index (χ0) is 12.3. The fourth-order valence-electron chi connectivity index (χ4n) is 1.61. The van der Waals surface area contributed by atoms with Gasteiger partial charge in [0.15, 0.2) is 0 Å². The monoisotopic (exact) mass is 227 g/mol. The second-order valence-electron chi connectivity index (χ2n) is 5.37. The van der Waals surface area contributed by atoms with Crippen LogP contribution >= 0.6 is 0 Å². The van der Waals surface area contributed by atoms with Crippen molar-refractivity contribution in [1.29, 1.82) is 0 Å². The lowest BCUT2D eigenvalue weighted by atomic mass is 10.2. The van der Waals surface area contributed by atoms with Crippen LogP contribution < -0.4 is 0 Å². The number of ether oxygens (including phenoxy) is 1. The molecule has 0 saturated heterocycles. The van der Waals surface area contributed by atoms with E-state index in [1.807, 2.05) is 27.7 Å². The first kappa shape index (κ1) is 13.0. The first-order valence-corrected chi connectivity index (χ1v) is 5.80. The van der Waals surface area contributed by atoms with E-state index in [-0.39, 0.29) is 18.2 Å². The molecule has 0 N–H and O–H groups in total. The first-order chi connectivity index (χ1) is 7.35. The maximum absolute atomic E-state index is 11.9. The molecule has 1 aliphatic carbocycles. The molecule has 4 heteroatoms. The molecule has 0 aromatic heterocycles. The van der Waals surface area contributed by atoms with Gasteiger partial charge in [-0.05, 0) is 40.5 Å². The average molecular weight is 227 g/mol. The highest BCUT2D eigenvalue weighted by molar-refractivity contribution is 5.70. The van der Waals surface area contributed by atoms with E-state index in [0.29, 0.717) is 6.42 Å². The van der Waals surface area contributed by atoms with Gasteiger partial charge in [0.25, 0.3) is 0 Å². The quantitative estimate of drug-likeness (QED) is 0.693. The maximum atomic E-state index is 11.9. The van der Waals surface area contributed by atoms with Crippen molar-refractivity contribution < 1.29 is 14.3 Å². The Balaban J connectivity index is 2.62. The fourth-order valence-corrected chi connectivity index (χ4v) is 1.61. The third-order valence-electron chi connectivity index (χ3n) is 2.46. The van der Waals surface area contributed by atoms with Gasteiger partial charge in [-0.1, -0.05) is 0 Å². The van der Waals surface area contributed by atoms with Gasteiger partial charge in [0.05, 0.1) is 0 Å². The summed E-state index contributed by atoms with van der Waals surface area (Å²) in [4.78, 5) is 24.1. The van der Waals surface area contributed by atoms with E-state index in [1.165, 1.54) is 0 Å². The van der Waals surface area contributed by atoms with Gasteiger partial charge in [-0.25, -0.2) is 4.79 Å². The molecule has 0 spiro atoms. The lowest BCUT2D eigenvalue weighted by Crippen LogP contribution is -2.43. The molecule has 1 saturated carbocycles. The maximum Gasteiger partial charge on any atom is 0.410 e. The predicted octanol–water partition coefficient (Wildman–Crippen LogP) is 2.36. The minimum Gasteiger partial charge on any atom is -0.444 e. The molecule has 16 heavy (non-hydrogen) atoms. The Hall–Kier alpha value is -1.06. The highest BCUT2D eigenvalue weighted by Crippen LogP contribution is 2.30. The second-order valence-corrected chi connectivity index (χ2v) is 5.37. The van der Waals surface area contributed by atoms with Crippen molar-refractivity contribution in [3.05, 3.63) is 0 Å². The van der Waals surface area contributed by atoms with Gasteiger partial charge in [0.1, 0.15) is 11.9 Å². The van der Waals surface area contributed by atoms with Gasteiger partial charge < -0.3 is 14.4 Å². The molecule has 1 atom stereocenters. The summed E-state index contributed by atoms with van der Waals surface area (Å²) < 4.78 is 5.34. The van der Waals surface area contributed by atoms with Gasteiger partial charge in [0, 0.05) is 18.5 Å². The minimum absolute atomic E-state index is 0.0696. The number of aldehydes is 1. The van der Waals surface area contributed by atoms with Crippen LogP contribution in [0.4, 0.5) is 4.79 Å². The van der Waals surface area contributed by atoms with Gasteiger partial charge in [-0.3, -0.25) is 0 Å². The molecule has 1 rings (SSSR count). The Bertz CT molecular complexity index is 266. The topological polar surface area (TPSA) is 46.6 Å². The molecular weight excluding hydrogens is 206 g/mol. The molecule has 0 heterocycles. The molecule has 1 amide bonds. The molecule has 1 aliphatic rings. The van der Waals surface area contributed by atoms with Crippen molar-refractivity contribution in [1.82, 2.24) is 4.90 Å². The van der Waals surface area contributed by atoms with Crippen molar-refractivity contribution in [3.63, 3.8) is 0 Å². The van der Waals surface area contributed by atoms with Crippen LogP contribution in [0.3, 0.4) is 0 Å². The van der Waals surface area contributed by atoms with Crippen LogP contribution in [0.5, 0.6) is 0 Å². The highest BCUT2D eigenvalue weighted by Gasteiger charge is 2.37. The third kappa shape index (κ3) is 3.83. The second kappa shape index (κ2) is 4.85. The van der Waals surface area contributed by atoms with Crippen LogP contribution in [0.2, 0.25) is 0 Å². The molecule has 0 radical (unpaired) electrons. The Labute approximate surface area is 96.9 Å². The van der Waals surface area contributed by atoms with Crippen LogP contribution in [0.25, 0.3) is 0 Å². The van der Waals surface area contributed by atoms with Crippen molar-refractivity contribution >= 4 is 12.4 Å². The van der Waals surface area contributed by atoms with Gasteiger partial charge >= 0.3 is 6.09 Å². The molecular formula is C12H21NO3. The molecule has 1 unspecified atom stereocenters. The number of carbonyl (C=O) groups is 2. The van der Waals surface area contributed by atoms with Crippen LogP contribution in [0, 0.1) is 0 Å². The largest absolute Gasteiger partial charge is 0.444 e. The van der Waals surface area contributed by atoms with E-state index in [2.05, 4.69) is 0 Å². The average Bonchev–Trinajstić information content (AvgIpc) is 2.85. The molecule has 0 bridgehead atoms. The standard InChI is InChI=1S/C12H21NO3/c1-9(7-8-14)13(10-5-6-10)11(15)16-12(2,3)4/h8-10H,5-7H2,1-4H3. The zero-order valence-electron chi connectivity index (χ0n) is 10.5. The molecule has 1 fully saturated rings. The Morgan fingerprint density at radius 3 is 2.44 bits per heavy atom. The number of hydrogen-bond acceptors (Lipinski definition) is 3. The van der Waals surface area contributed by atoms with E-state index >= 15 is 0 Å². The zero-order valence-corrected chi connectivity index (χ0v) is 10.5. The highest BCUT2D eigenvalue weighted by atomic mass is 16.6. The van der Waals surface area contributed by atoms with E-state index in [4.69, 9.17) is 4.74 Å². The summed E-state index contributed by atoms with van der Waals surface area (Å²) in [6.07, 6.45) is 2.95. The van der Waals surface area contributed by atoms with E-state index in [0.717, 1.165) is 19.1 Å². The Kier molecular flexibility index (Phi) is 3.94. The summed E-state index contributed by atoms with van der Waals surface area (Å²) in [5, 5.41) is 0. The molecule has 0 aliphatic heterocycles. The van der Waals surface area contributed by atoms with Crippen LogP contribution in [0.15, 0.2) is 0 Å². The Morgan fingerprint density at radius 1 is 1.50 bits per heavy atom. The number of carbonyl (C=O) groups excluding carboxylic acids is 2. The van der Waals surface area contributed by atoms with E-state index in [9.17, 15) is 9.59 Å². The van der Waals surface area contributed by atoms with Crippen molar-refractivity contribution in [3.8, 4) is 0 Å². The van der Waals surface area contributed by atoms with Crippen molar-refractivity contribution in [2.45, 2.75) is 64.6 Å². The summed E-state index contributed by atoms with van der Waals surface area (Å²) in [6.45, 7) is 7.43. The van der Waals surface area contributed by atoms with Crippen molar-refractivity contribution in [2.75, 3.05) is 0 Å². The number of amides is 1. The molecule has 92 valence electrons. The third-order valence-corrected chi connectivity index (χ3v) is 2.46. The molecule has 0 aromatic rings. The summed E-state index contributed by atoms with van der Waals surface area (Å²) in [5.41, 5.74) is -0.481. The van der Waals surface area contributed by atoms with Crippen LogP contribution in [-0.2, 0) is 9.53 Å². The normalized spacial score (nSPS) is 17.8. The predicted molar refractivity (Wildman–Crippen MR) is 61.2 cm³/mol. The summed E-state index contributed by atoms with van der Waals surface area (Å²) >= 11 is 0. The number of rotatable bonds is 4. The van der Waals surface area contributed by atoms with E-state index < -0.39 is 5.60 Å². The van der Waals surface area contributed by atoms with Crippen LogP contribution in [0.1, 0.15) is 47.0 Å². The SMILES string of the molecule is CC(CC=O)N(C(=O)OC(C)(C)C)C1CC1. The van der Waals surface area contributed by atoms with Gasteiger partial charge in [-0.2, -0.15) is 0 Å². The summed E-state index contributed by atoms with van der Waals surface area (Å²) in [5.74, 6) is 0. The molecule has 4 nitrogen and oxygen atoms in total. The van der Waals surface area contributed by atoms with Gasteiger partial charge in [0.2, 0.25) is 0 Å². The molecule has 0 aromatic carbocycles.